The minimum Gasteiger partial charge on any atom is -0.488 e. The quantitative estimate of drug-likeness (QED) is 0.404. The number of sulfone groups is 1. The number of benzene rings is 1. The van der Waals surface area contributed by atoms with Crippen LogP contribution in [0.2, 0.25) is 0 Å². The smallest absolute Gasteiger partial charge is 0.229 e. The van der Waals surface area contributed by atoms with Crippen LogP contribution in [0.3, 0.4) is 0 Å². The van der Waals surface area contributed by atoms with Crippen molar-refractivity contribution in [3.05, 3.63) is 41.7 Å². The molecule has 2 aromatic heterocycles. The molecular weight excluding hydrogens is 502 g/mol. The molecule has 0 amide bonds. The summed E-state index contributed by atoms with van der Waals surface area (Å²) in [5.74, 6) is 2.20. The summed E-state index contributed by atoms with van der Waals surface area (Å²) in [6.45, 7) is 7.64. The Morgan fingerprint density at radius 2 is 1.79 bits per heavy atom. The van der Waals surface area contributed by atoms with Gasteiger partial charge in [-0.05, 0) is 102 Å². The van der Waals surface area contributed by atoms with Crippen molar-refractivity contribution < 1.29 is 13.2 Å². The normalized spacial score (nSPS) is 17.1. The lowest BCUT2D eigenvalue weighted by Gasteiger charge is -2.30. The second-order valence-electron chi connectivity index (χ2n) is 10.7. The molecule has 204 valence electrons. The molecule has 11 heteroatoms. The molecule has 1 aliphatic heterocycles. The van der Waals surface area contributed by atoms with E-state index in [1.165, 1.54) is 15.8 Å². The highest BCUT2D eigenvalue weighted by molar-refractivity contribution is 7.92. The second kappa shape index (κ2) is 10.5. The first-order valence-corrected chi connectivity index (χ1v) is 14.8. The molecular formula is C27H37N7O3S. The second-order valence-corrected chi connectivity index (χ2v) is 13.2. The molecule has 3 aromatic rings. The molecule has 38 heavy (non-hydrogen) atoms. The Kier molecular flexibility index (Phi) is 7.32. The Labute approximate surface area is 224 Å². The molecule has 1 saturated carbocycles. The molecule has 3 heterocycles. The number of likely N-dealkylation sites (tertiary alicyclic amines) is 1. The van der Waals surface area contributed by atoms with Crippen molar-refractivity contribution in [1.29, 1.82) is 0 Å². The maximum atomic E-state index is 12.8. The molecule has 2 fully saturated rings. The molecule has 0 atom stereocenters. The van der Waals surface area contributed by atoms with Gasteiger partial charge in [0.05, 0.1) is 22.7 Å². The number of hydrogen-bond donors (Lipinski definition) is 2. The molecule has 10 nitrogen and oxygen atoms in total. The van der Waals surface area contributed by atoms with Gasteiger partial charge in [0, 0.05) is 19.4 Å². The fraction of sp³-hybridized carbons (Fsp3) is 0.519. The Bertz CT molecular complexity index is 1410. The summed E-state index contributed by atoms with van der Waals surface area (Å²) in [5, 5.41) is 10.1. The minimum atomic E-state index is -3.57. The summed E-state index contributed by atoms with van der Waals surface area (Å²) in [6, 6.07) is 6.02. The lowest BCUT2D eigenvalue weighted by molar-refractivity contribution is 0.254. The van der Waals surface area contributed by atoms with E-state index in [0.29, 0.717) is 23.4 Å². The molecule has 1 aliphatic carbocycles. The summed E-state index contributed by atoms with van der Waals surface area (Å²) in [4.78, 5) is 11.4. The van der Waals surface area contributed by atoms with Crippen molar-refractivity contribution in [1.82, 2.24) is 24.6 Å². The molecule has 2 aliphatic rings. The Hall–Kier alpha value is -3.18. The number of ether oxygens (including phenoxy) is 1. The van der Waals surface area contributed by atoms with Gasteiger partial charge in [0.15, 0.2) is 0 Å². The van der Waals surface area contributed by atoms with E-state index in [-0.39, 0.29) is 11.1 Å². The molecule has 0 radical (unpaired) electrons. The highest BCUT2D eigenvalue weighted by Crippen LogP contribution is 2.39. The van der Waals surface area contributed by atoms with E-state index in [9.17, 15) is 8.42 Å². The Morgan fingerprint density at radius 1 is 1.05 bits per heavy atom. The van der Waals surface area contributed by atoms with E-state index in [2.05, 4.69) is 56.7 Å². The third kappa shape index (κ3) is 5.78. The standard InChI is InChI=1S/C27H37N7O3S/c1-17(2)38(35,36)26-23(16-34(5)32-26)29-25-8-11-28-27(31-25)30-22-14-18(3)21(15-24(22)37-20-6-7-20)19-9-12-33(4)13-10-19/h8,11,14-17,19-20H,6-7,9-10,12-13H2,1-5H3,(H2,28,29,30,31). The van der Waals surface area contributed by atoms with Gasteiger partial charge in [-0.15, -0.1) is 0 Å². The van der Waals surface area contributed by atoms with Gasteiger partial charge in [-0.3, -0.25) is 4.68 Å². The van der Waals surface area contributed by atoms with Crippen LogP contribution in [0.4, 0.5) is 23.1 Å². The zero-order valence-electron chi connectivity index (χ0n) is 22.7. The van der Waals surface area contributed by atoms with Crippen LogP contribution < -0.4 is 15.4 Å². The average Bonchev–Trinajstić information content (AvgIpc) is 3.61. The number of anilines is 4. The van der Waals surface area contributed by atoms with Gasteiger partial charge in [-0.1, -0.05) is 0 Å². The van der Waals surface area contributed by atoms with Gasteiger partial charge in [0.25, 0.3) is 0 Å². The van der Waals surface area contributed by atoms with Crippen LogP contribution in [-0.2, 0) is 16.9 Å². The SMILES string of the molecule is Cc1cc(Nc2nccc(Nc3cn(C)nc3S(=O)(=O)C(C)C)n2)c(OC2CC2)cc1C1CCN(C)CC1. The van der Waals surface area contributed by atoms with Crippen LogP contribution in [0.1, 0.15) is 56.6 Å². The van der Waals surface area contributed by atoms with Crippen molar-refractivity contribution in [2.24, 2.45) is 7.05 Å². The summed E-state index contributed by atoms with van der Waals surface area (Å²) in [7, 11) is 0.300. The monoisotopic (exact) mass is 539 g/mol. The molecule has 1 saturated heterocycles. The van der Waals surface area contributed by atoms with Gasteiger partial charge in [0.1, 0.15) is 11.6 Å². The van der Waals surface area contributed by atoms with E-state index in [4.69, 9.17) is 4.74 Å². The van der Waals surface area contributed by atoms with E-state index < -0.39 is 15.1 Å². The zero-order chi connectivity index (χ0) is 27.0. The third-order valence-electron chi connectivity index (χ3n) is 7.19. The number of hydrogen-bond acceptors (Lipinski definition) is 9. The summed E-state index contributed by atoms with van der Waals surface area (Å²) in [5.41, 5.74) is 3.78. The number of rotatable bonds is 9. The van der Waals surface area contributed by atoms with Crippen molar-refractivity contribution in [3.63, 3.8) is 0 Å². The van der Waals surface area contributed by atoms with Crippen LogP contribution in [0.25, 0.3) is 0 Å². The van der Waals surface area contributed by atoms with Crippen molar-refractivity contribution >= 4 is 33.0 Å². The van der Waals surface area contributed by atoms with Gasteiger partial charge in [0.2, 0.25) is 20.8 Å². The number of aromatic nitrogens is 4. The third-order valence-corrected chi connectivity index (χ3v) is 9.28. The molecule has 0 unspecified atom stereocenters. The highest BCUT2D eigenvalue weighted by Gasteiger charge is 2.28. The van der Waals surface area contributed by atoms with Crippen molar-refractivity contribution in [2.75, 3.05) is 30.8 Å². The molecule has 2 N–H and O–H groups in total. The summed E-state index contributed by atoms with van der Waals surface area (Å²) < 4.78 is 33.4. The Morgan fingerprint density at radius 3 is 2.47 bits per heavy atom. The van der Waals surface area contributed by atoms with Crippen molar-refractivity contribution in [2.45, 2.75) is 68.8 Å². The van der Waals surface area contributed by atoms with Crippen molar-refractivity contribution in [3.8, 4) is 5.75 Å². The first kappa shape index (κ1) is 26.4. The fourth-order valence-electron chi connectivity index (χ4n) is 4.76. The van der Waals surface area contributed by atoms with E-state index >= 15 is 0 Å². The maximum Gasteiger partial charge on any atom is 0.229 e. The molecule has 0 bridgehead atoms. The number of aryl methyl sites for hydroxylation is 2. The van der Waals surface area contributed by atoms with Crippen LogP contribution >= 0.6 is 0 Å². The number of nitrogens with zero attached hydrogens (tertiary/aromatic N) is 5. The predicted octanol–water partition coefficient (Wildman–Crippen LogP) is 4.54. The summed E-state index contributed by atoms with van der Waals surface area (Å²) >= 11 is 0. The van der Waals surface area contributed by atoms with Crippen LogP contribution in [0, 0.1) is 6.92 Å². The van der Waals surface area contributed by atoms with Crippen LogP contribution in [0.15, 0.2) is 35.6 Å². The molecule has 1 aromatic carbocycles. The first-order chi connectivity index (χ1) is 18.1. The predicted molar refractivity (Wildman–Crippen MR) is 148 cm³/mol. The largest absolute Gasteiger partial charge is 0.488 e. The zero-order valence-corrected chi connectivity index (χ0v) is 23.5. The van der Waals surface area contributed by atoms with Gasteiger partial charge in [-0.25, -0.2) is 13.4 Å². The Balaban J connectivity index is 1.40. The minimum absolute atomic E-state index is 0.00311. The van der Waals surface area contributed by atoms with E-state index in [0.717, 1.165) is 50.2 Å². The van der Waals surface area contributed by atoms with E-state index in [1.54, 1.807) is 39.4 Å². The first-order valence-electron chi connectivity index (χ1n) is 13.2. The summed E-state index contributed by atoms with van der Waals surface area (Å²) in [6.07, 6.45) is 7.95. The molecule has 0 spiro atoms. The van der Waals surface area contributed by atoms with Gasteiger partial charge >= 0.3 is 0 Å². The van der Waals surface area contributed by atoms with Gasteiger partial charge in [-0.2, -0.15) is 10.1 Å². The van der Waals surface area contributed by atoms with E-state index in [1.807, 2.05) is 0 Å². The number of piperidine rings is 1. The highest BCUT2D eigenvalue weighted by atomic mass is 32.2. The number of nitrogens with one attached hydrogen (secondary N) is 2. The van der Waals surface area contributed by atoms with Gasteiger partial charge < -0.3 is 20.3 Å². The molecule has 5 rings (SSSR count). The fourth-order valence-corrected chi connectivity index (χ4v) is 5.86. The average molecular weight is 540 g/mol. The lowest BCUT2D eigenvalue weighted by Crippen LogP contribution is -2.29. The lowest BCUT2D eigenvalue weighted by atomic mass is 9.86. The van der Waals surface area contributed by atoms with Crippen LogP contribution in [0.5, 0.6) is 5.75 Å². The topological polar surface area (TPSA) is 114 Å². The van der Waals surface area contributed by atoms with Crippen LogP contribution in [-0.4, -0.2) is 64.6 Å². The maximum absolute atomic E-state index is 12.8.